The number of nitrogens with zero attached hydrogens (tertiary/aromatic N) is 1. The fraction of sp³-hybridized carbons (Fsp3) is 0.318. The molecule has 1 aliphatic carbocycles. The number of urea groups is 1. The fourth-order valence-electron chi connectivity index (χ4n) is 4.19. The van der Waals surface area contributed by atoms with Crippen LogP contribution in [0, 0.1) is 0 Å². The van der Waals surface area contributed by atoms with E-state index < -0.39 is 23.4 Å². The Kier molecular flexibility index (Phi) is 5.07. The van der Waals surface area contributed by atoms with Gasteiger partial charge in [-0.05, 0) is 42.5 Å². The van der Waals surface area contributed by atoms with E-state index in [2.05, 4.69) is 10.6 Å². The number of aryl methyl sites for hydroxylation is 1. The largest absolute Gasteiger partial charge is 0.497 e. The smallest absolute Gasteiger partial charge is 0.325 e. The van der Waals surface area contributed by atoms with Crippen molar-refractivity contribution in [1.82, 2.24) is 10.2 Å². The summed E-state index contributed by atoms with van der Waals surface area (Å²) in [4.78, 5) is 39.5. The van der Waals surface area contributed by atoms with E-state index >= 15 is 0 Å². The van der Waals surface area contributed by atoms with Crippen LogP contribution in [-0.4, -0.2) is 43.5 Å². The van der Waals surface area contributed by atoms with Crippen molar-refractivity contribution in [3.8, 4) is 11.5 Å². The standard InChI is InChI=1S/C22H23N3O5/c1-29-15-9-10-17(18(12-15)30-2)23-19(26)13-25-20(27)22(24-21(25)28)11-5-7-14-6-3-4-8-16(14)22/h3-4,6,8-10,12H,5,7,11,13H2,1-2H3,(H,23,26)(H,24,28)/t22-/m1/s1. The summed E-state index contributed by atoms with van der Waals surface area (Å²) in [5.41, 5.74) is 1.19. The van der Waals surface area contributed by atoms with Gasteiger partial charge >= 0.3 is 6.03 Å². The Morgan fingerprint density at radius 3 is 2.73 bits per heavy atom. The summed E-state index contributed by atoms with van der Waals surface area (Å²) in [6.45, 7) is -0.385. The van der Waals surface area contributed by atoms with Crippen LogP contribution in [0.2, 0.25) is 0 Å². The topological polar surface area (TPSA) is 97.0 Å². The van der Waals surface area contributed by atoms with Crippen LogP contribution < -0.4 is 20.1 Å². The molecule has 0 aromatic heterocycles. The number of amides is 4. The van der Waals surface area contributed by atoms with Crippen LogP contribution in [-0.2, 0) is 21.5 Å². The van der Waals surface area contributed by atoms with Gasteiger partial charge in [-0.3, -0.25) is 14.5 Å². The van der Waals surface area contributed by atoms with Crippen LogP contribution in [0.5, 0.6) is 11.5 Å². The number of benzene rings is 2. The van der Waals surface area contributed by atoms with Gasteiger partial charge in [0.2, 0.25) is 5.91 Å². The van der Waals surface area contributed by atoms with E-state index in [-0.39, 0.29) is 6.54 Å². The summed E-state index contributed by atoms with van der Waals surface area (Å²) >= 11 is 0. The minimum absolute atomic E-state index is 0.385. The molecule has 1 heterocycles. The second-order valence-corrected chi connectivity index (χ2v) is 7.35. The average molecular weight is 409 g/mol. The van der Waals surface area contributed by atoms with E-state index in [4.69, 9.17) is 9.47 Å². The molecule has 1 aliphatic heterocycles. The third kappa shape index (κ3) is 3.24. The zero-order chi connectivity index (χ0) is 21.3. The van der Waals surface area contributed by atoms with Gasteiger partial charge in [0.05, 0.1) is 19.9 Å². The number of carbonyl (C=O) groups excluding carboxylic acids is 3. The molecule has 2 aliphatic rings. The highest BCUT2D eigenvalue weighted by atomic mass is 16.5. The SMILES string of the molecule is COc1ccc(NC(=O)CN2C(=O)N[C@@]3(CCCc4ccccc43)C2=O)c(OC)c1. The van der Waals surface area contributed by atoms with Gasteiger partial charge < -0.3 is 20.1 Å². The number of hydrogen-bond donors (Lipinski definition) is 2. The van der Waals surface area contributed by atoms with Gasteiger partial charge in [-0.2, -0.15) is 0 Å². The van der Waals surface area contributed by atoms with Crippen LogP contribution in [0.1, 0.15) is 24.0 Å². The highest BCUT2D eigenvalue weighted by Gasteiger charge is 2.54. The highest BCUT2D eigenvalue weighted by Crippen LogP contribution is 2.39. The molecular weight excluding hydrogens is 386 g/mol. The lowest BCUT2D eigenvalue weighted by Crippen LogP contribution is -2.47. The number of anilines is 1. The molecule has 30 heavy (non-hydrogen) atoms. The number of methoxy groups -OCH3 is 2. The van der Waals surface area contributed by atoms with Crippen molar-refractivity contribution in [3.05, 3.63) is 53.6 Å². The molecule has 0 unspecified atom stereocenters. The monoisotopic (exact) mass is 409 g/mol. The second-order valence-electron chi connectivity index (χ2n) is 7.35. The van der Waals surface area contributed by atoms with Gasteiger partial charge in [0.15, 0.2) is 0 Å². The highest BCUT2D eigenvalue weighted by molar-refractivity contribution is 6.10. The third-order valence-electron chi connectivity index (χ3n) is 5.64. The van der Waals surface area contributed by atoms with Gasteiger partial charge in [-0.15, -0.1) is 0 Å². The van der Waals surface area contributed by atoms with Crippen LogP contribution in [0.25, 0.3) is 0 Å². The predicted molar refractivity (Wildman–Crippen MR) is 109 cm³/mol. The van der Waals surface area contributed by atoms with Crippen LogP contribution >= 0.6 is 0 Å². The zero-order valence-corrected chi connectivity index (χ0v) is 16.9. The summed E-state index contributed by atoms with van der Waals surface area (Å²) in [5, 5.41) is 5.55. The van der Waals surface area contributed by atoms with Gasteiger partial charge in [-0.25, -0.2) is 4.79 Å². The Morgan fingerprint density at radius 2 is 1.97 bits per heavy atom. The normalized spacial score (nSPS) is 20.0. The van der Waals surface area contributed by atoms with E-state index in [0.29, 0.717) is 23.6 Å². The fourth-order valence-corrected chi connectivity index (χ4v) is 4.19. The van der Waals surface area contributed by atoms with Crippen LogP contribution in [0.3, 0.4) is 0 Å². The quantitative estimate of drug-likeness (QED) is 0.740. The van der Waals surface area contributed by atoms with Crippen molar-refractivity contribution in [3.63, 3.8) is 0 Å². The first kappa shape index (κ1) is 19.8. The van der Waals surface area contributed by atoms with E-state index in [1.807, 2.05) is 24.3 Å². The summed E-state index contributed by atoms with van der Waals surface area (Å²) in [5.74, 6) is 0.106. The van der Waals surface area contributed by atoms with Crippen molar-refractivity contribution in [2.24, 2.45) is 0 Å². The minimum atomic E-state index is -1.09. The molecule has 2 N–H and O–H groups in total. The summed E-state index contributed by atoms with van der Waals surface area (Å²) in [7, 11) is 3.01. The third-order valence-corrected chi connectivity index (χ3v) is 5.64. The molecule has 156 valence electrons. The molecule has 4 amide bonds. The van der Waals surface area contributed by atoms with Crippen LogP contribution in [0.15, 0.2) is 42.5 Å². The van der Waals surface area contributed by atoms with E-state index in [1.54, 1.807) is 18.2 Å². The first-order chi connectivity index (χ1) is 14.5. The molecule has 0 saturated carbocycles. The summed E-state index contributed by atoms with van der Waals surface area (Å²) < 4.78 is 10.4. The molecule has 8 nitrogen and oxygen atoms in total. The Balaban J connectivity index is 1.53. The molecule has 1 atom stereocenters. The first-order valence-electron chi connectivity index (χ1n) is 9.73. The van der Waals surface area contributed by atoms with Gasteiger partial charge in [0, 0.05) is 6.07 Å². The maximum absolute atomic E-state index is 13.3. The number of ether oxygens (including phenoxy) is 2. The van der Waals surface area contributed by atoms with Gasteiger partial charge in [-0.1, -0.05) is 24.3 Å². The van der Waals surface area contributed by atoms with Crippen molar-refractivity contribution in [2.45, 2.75) is 24.8 Å². The van der Waals surface area contributed by atoms with Crippen molar-refractivity contribution >= 4 is 23.5 Å². The Morgan fingerprint density at radius 1 is 1.17 bits per heavy atom. The second kappa shape index (κ2) is 7.70. The minimum Gasteiger partial charge on any atom is -0.497 e. The maximum Gasteiger partial charge on any atom is 0.325 e. The Bertz CT molecular complexity index is 1020. The van der Waals surface area contributed by atoms with E-state index in [1.165, 1.54) is 14.2 Å². The lowest BCUT2D eigenvalue weighted by atomic mass is 9.76. The Hall–Kier alpha value is -3.55. The van der Waals surface area contributed by atoms with Gasteiger partial charge in [0.25, 0.3) is 5.91 Å². The number of carbonyl (C=O) groups is 3. The van der Waals surface area contributed by atoms with Crippen molar-refractivity contribution in [1.29, 1.82) is 0 Å². The lowest BCUT2D eigenvalue weighted by molar-refractivity contribution is -0.134. The molecule has 4 rings (SSSR count). The number of imide groups is 1. The van der Waals surface area contributed by atoms with E-state index in [9.17, 15) is 14.4 Å². The molecular formula is C22H23N3O5. The van der Waals surface area contributed by atoms with E-state index in [0.717, 1.165) is 28.9 Å². The zero-order valence-electron chi connectivity index (χ0n) is 16.9. The summed E-state index contributed by atoms with van der Waals surface area (Å²) in [6.07, 6.45) is 2.16. The molecule has 1 spiro atoms. The number of rotatable bonds is 5. The molecule has 0 bridgehead atoms. The Labute approximate surface area is 174 Å². The molecule has 1 saturated heterocycles. The predicted octanol–water partition coefficient (Wildman–Crippen LogP) is 2.43. The average Bonchev–Trinajstić information content (AvgIpc) is 2.99. The number of nitrogens with one attached hydrogen (secondary N) is 2. The summed E-state index contributed by atoms with van der Waals surface area (Å²) in [6, 6.07) is 12.0. The maximum atomic E-state index is 13.3. The van der Waals surface area contributed by atoms with Crippen LogP contribution in [0.4, 0.5) is 10.5 Å². The molecule has 2 aromatic rings. The molecule has 2 aromatic carbocycles. The molecule has 0 radical (unpaired) electrons. The molecule has 8 heteroatoms. The van der Waals surface area contributed by atoms with Crippen molar-refractivity contribution in [2.75, 3.05) is 26.1 Å². The lowest BCUT2D eigenvalue weighted by Gasteiger charge is -2.33. The molecule has 1 fully saturated rings. The number of hydrogen-bond acceptors (Lipinski definition) is 5. The van der Waals surface area contributed by atoms with Gasteiger partial charge in [0.1, 0.15) is 23.6 Å². The number of fused-ring (bicyclic) bond motifs is 2. The van der Waals surface area contributed by atoms with Crippen molar-refractivity contribution < 1.29 is 23.9 Å². The first-order valence-corrected chi connectivity index (χ1v) is 9.73.